The molecule has 0 saturated heterocycles. The minimum absolute atomic E-state index is 0.164. The molecular weight excluding hydrogens is 378 g/mol. The van der Waals surface area contributed by atoms with E-state index < -0.39 is 0 Å². The highest BCUT2D eigenvalue weighted by atomic mass is 16.2. The van der Waals surface area contributed by atoms with Crippen molar-refractivity contribution in [3.05, 3.63) is 71.4 Å². The number of hydrogen-bond donors (Lipinski definition) is 1. The number of nitrogens with one attached hydrogen (secondary N) is 1. The van der Waals surface area contributed by atoms with Gasteiger partial charge in [0.25, 0.3) is 11.8 Å². The zero-order valence-electron chi connectivity index (χ0n) is 17.6. The molecule has 3 amide bonds. The summed E-state index contributed by atoms with van der Waals surface area (Å²) >= 11 is 0. The number of nitrogens with zero attached hydrogens (tertiary/aromatic N) is 2. The Bertz CT molecular complexity index is 965. The third kappa shape index (κ3) is 4.59. The van der Waals surface area contributed by atoms with Crippen LogP contribution in [0.5, 0.6) is 0 Å². The van der Waals surface area contributed by atoms with Crippen LogP contribution in [0, 0.1) is 0 Å². The van der Waals surface area contributed by atoms with Crippen molar-refractivity contribution in [1.29, 1.82) is 0 Å². The van der Waals surface area contributed by atoms with Gasteiger partial charge in [-0.2, -0.15) is 0 Å². The molecule has 3 rings (SSSR count). The molecule has 0 radical (unpaired) electrons. The van der Waals surface area contributed by atoms with Crippen molar-refractivity contribution in [3.8, 4) is 0 Å². The Morgan fingerprint density at radius 1 is 1.00 bits per heavy atom. The molecule has 6 heteroatoms. The lowest BCUT2D eigenvalue weighted by molar-refractivity contribution is -0.137. The number of benzene rings is 2. The topological polar surface area (TPSA) is 69.7 Å². The molecule has 0 atom stereocenters. The highest BCUT2D eigenvalue weighted by Gasteiger charge is 2.40. The number of imide groups is 1. The number of unbranched alkanes of at least 4 members (excludes halogenated alkanes) is 1. The molecule has 156 valence electrons. The van der Waals surface area contributed by atoms with Gasteiger partial charge in [0.2, 0.25) is 5.91 Å². The fourth-order valence-electron chi connectivity index (χ4n) is 3.56. The molecule has 0 aromatic heterocycles. The first-order valence-corrected chi connectivity index (χ1v) is 10.2. The molecular formula is C24H27N3O3. The lowest BCUT2D eigenvalue weighted by Crippen LogP contribution is -2.34. The Morgan fingerprint density at radius 2 is 1.67 bits per heavy atom. The molecule has 1 aliphatic rings. The number of amides is 3. The van der Waals surface area contributed by atoms with Crippen LogP contribution in [0.15, 0.2) is 60.3 Å². The summed E-state index contributed by atoms with van der Waals surface area (Å²) < 4.78 is 0. The van der Waals surface area contributed by atoms with Gasteiger partial charge < -0.3 is 10.2 Å². The van der Waals surface area contributed by atoms with Crippen molar-refractivity contribution in [1.82, 2.24) is 9.80 Å². The van der Waals surface area contributed by atoms with Gasteiger partial charge in [0.15, 0.2) is 0 Å². The molecule has 0 spiro atoms. The fraction of sp³-hybridized carbons (Fsp3) is 0.292. The van der Waals surface area contributed by atoms with Crippen molar-refractivity contribution >= 4 is 29.0 Å². The molecule has 30 heavy (non-hydrogen) atoms. The number of carbonyl (C=O) groups is 3. The molecule has 0 bridgehead atoms. The number of anilines is 1. The van der Waals surface area contributed by atoms with Crippen LogP contribution in [0.1, 0.15) is 37.8 Å². The van der Waals surface area contributed by atoms with E-state index in [-0.39, 0.29) is 17.7 Å². The quantitative estimate of drug-likeness (QED) is 0.681. The normalized spacial score (nSPS) is 13.8. The summed E-state index contributed by atoms with van der Waals surface area (Å²) in [6.45, 7) is 4.40. The molecule has 1 heterocycles. The second-order valence-electron chi connectivity index (χ2n) is 7.44. The fourth-order valence-corrected chi connectivity index (χ4v) is 3.56. The second-order valence-corrected chi connectivity index (χ2v) is 7.44. The summed E-state index contributed by atoms with van der Waals surface area (Å²) in [6.07, 6.45) is 1.66. The van der Waals surface area contributed by atoms with E-state index in [4.69, 9.17) is 0 Å². The van der Waals surface area contributed by atoms with Crippen LogP contribution in [-0.2, 0) is 20.9 Å². The van der Waals surface area contributed by atoms with Gasteiger partial charge in [0.05, 0.1) is 5.57 Å². The van der Waals surface area contributed by atoms with Crippen LogP contribution in [0.25, 0.3) is 5.57 Å². The first-order chi connectivity index (χ1) is 14.4. The summed E-state index contributed by atoms with van der Waals surface area (Å²) in [7, 11) is 1.84. The Labute approximate surface area is 177 Å². The summed E-state index contributed by atoms with van der Waals surface area (Å²) in [5.74, 6) is -0.688. The van der Waals surface area contributed by atoms with Gasteiger partial charge in [0, 0.05) is 32.7 Å². The van der Waals surface area contributed by atoms with E-state index in [0.717, 1.165) is 18.4 Å². The van der Waals surface area contributed by atoms with Crippen LogP contribution >= 0.6 is 0 Å². The Hall–Kier alpha value is -3.41. The minimum atomic E-state index is -0.268. The van der Waals surface area contributed by atoms with Crippen molar-refractivity contribution in [2.75, 3.05) is 18.9 Å². The molecule has 6 nitrogen and oxygen atoms in total. The van der Waals surface area contributed by atoms with Crippen molar-refractivity contribution in [2.45, 2.75) is 33.2 Å². The number of rotatable bonds is 8. The van der Waals surface area contributed by atoms with E-state index in [0.29, 0.717) is 35.6 Å². The Balaban J connectivity index is 1.98. The smallest absolute Gasteiger partial charge is 0.277 e. The van der Waals surface area contributed by atoms with Gasteiger partial charge in [-0.25, -0.2) is 0 Å². The zero-order chi connectivity index (χ0) is 21.7. The van der Waals surface area contributed by atoms with E-state index >= 15 is 0 Å². The summed E-state index contributed by atoms with van der Waals surface area (Å²) in [5.41, 5.74) is 3.18. The van der Waals surface area contributed by atoms with Gasteiger partial charge >= 0.3 is 0 Å². The van der Waals surface area contributed by atoms with Crippen LogP contribution in [0.4, 0.5) is 5.69 Å². The van der Waals surface area contributed by atoms with Crippen molar-refractivity contribution in [3.63, 3.8) is 0 Å². The van der Waals surface area contributed by atoms with Crippen molar-refractivity contribution in [2.24, 2.45) is 0 Å². The third-order valence-corrected chi connectivity index (χ3v) is 5.02. The maximum atomic E-state index is 13.2. The van der Waals surface area contributed by atoms with Crippen LogP contribution in [0.3, 0.4) is 0 Å². The monoisotopic (exact) mass is 405 g/mol. The van der Waals surface area contributed by atoms with E-state index in [1.54, 1.807) is 24.3 Å². The first-order valence-electron chi connectivity index (χ1n) is 10.2. The molecule has 0 aliphatic carbocycles. The predicted octanol–water partition coefficient (Wildman–Crippen LogP) is 3.66. The van der Waals surface area contributed by atoms with Crippen LogP contribution in [-0.4, -0.2) is 41.1 Å². The van der Waals surface area contributed by atoms with Gasteiger partial charge in [-0.3, -0.25) is 19.3 Å². The van der Waals surface area contributed by atoms with Gasteiger partial charge in [-0.15, -0.1) is 0 Å². The highest BCUT2D eigenvalue weighted by molar-refractivity contribution is 6.35. The van der Waals surface area contributed by atoms with E-state index in [1.165, 1.54) is 11.8 Å². The van der Waals surface area contributed by atoms with Crippen LogP contribution < -0.4 is 5.32 Å². The SMILES string of the molecule is CCCCN1C(=O)C(c2ccc(NC(C)=O)cc2)=C(N(C)Cc2ccccc2)C1=O. The number of carbonyl (C=O) groups excluding carboxylic acids is 3. The summed E-state index contributed by atoms with van der Waals surface area (Å²) in [5, 5.41) is 2.72. The largest absolute Gasteiger partial charge is 0.365 e. The van der Waals surface area contributed by atoms with E-state index in [9.17, 15) is 14.4 Å². The predicted molar refractivity (Wildman–Crippen MR) is 117 cm³/mol. The molecule has 0 unspecified atom stereocenters. The molecule has 2 aromatic rings. The second kappa shape index (κ2) is 9.39. The molecule has 1 aliphatic heterocycles. The molecule has 0 fully saturated rings. The van der Waals surface area contributed by atoms with E-state index in [2.05, 4.69) is 5.32 Å². The Morgan fingerprint density at radius 3 is 2.27 bits per heavy atom. The maximum absolute atomic E-state index is 13.2. The van der Waals surface area contributed by atoms with Crippen LogP contribution in [0.2, 0.25) is 0 Å². The highest BCUT2D eigenvalue weighted by Crippen LogP contribution is 2.32. The summed E-state index contributed by atoms with van der Waals surface area (Å²) in [6, 6.07) is 16.9. The standard InChI is InChI=1S/C24H27N3O3/c1-4-5-15-27-23(29)21(19-11-13-20(14-12-19)25-17(2)28)22(24(27)30)26(3)16-18-9-7-6-8-10-18/h6-14H,4-5,15-16H2,1-3H3,(H,25,28). The van der Waals surface area contributed by atoms with Gasteiger partial charge in [-0.05, 0) is 29.7 Å². The molecule has 0 saturated carbocycles. The summed E-state index contributed by atoms with van der Waals surface area (Å²) in [4.78, 5) is 40.9. The first kappa shape index (κ1) is 21.3. The average molecular weight is 405 g/mol. The number of hydrogen-bond acceptors (Lipinski definition) is 4. The molecule has 1 N–H and O–H groups in total. The lowest BCUT2D eigenvalue weighted by atomic mass is 10.0. The lowest BCUT2D eigenvalue weighted by Gasteiger charge is -2.21. The zero-order valence-corrected chi connectivity index (χ0v) is 17.6. The van der Waals surface area contributed by atoms with Gasteiger partial charge in [0.1, 0.15) is 5.70 Å². The Kier molecular flexibility index (Phi) is 6.67. The van der Waals surface area contributed by atoms with Crippen molar-refractivity contribution < 1.29 is 14.4 Å². The van der Waals surface area contributed by atoms with E-state index in [1.807, 2.05) is 49.2 Å². The van der Waals surface area contributed by atoms with Gasteiger partial charge in [-0.1, -0.05) is 55.8 Å². The number of likely N-dealkylation sites (N-methyl/N-ethyl adjacent to an activating group) is 1. The average Bonchev–Trinajstić information content (AvgIpc) is 2.97. The molecule has 2 aromatic carbocycles. The maximum Gasteiger partial charge on any atom is 0.277 e. The third-order valence-electron chi connectivity index (χ3n) is 5.02. The minimum Gasteiger partial charge on any atom is -0.365 e.